The van der Waals surface area contributed by atoms with Crippen LogP contribution in [0.25, 0.3) is 10.8 Å². The molecule has 2 aromatic rings. The second-order valence-electron chi connectivity index (χ2n) is 5.32. The van der Waals surface area contributed by atoms with Gasteiger partial charge in [-0.25, -0.2) is 4.79 Å². The molecular weight excluding hydrogens is 310 g/mol. The first-order valence-electron chi connectivity index (χ1n) is 7.47. The second-order valence-corrected chi connectivity index (χ2v) is 5.32. The number of methoxy groups -OCH3 is 1. The Bertz CT molecular complexity index is 826. The standard InChI is InChI=1S/C17H17N3O4/c1-24-17(23)13-10-20(7-8-21)16(22)15(13)19-14-4-2-3-11-9-18-6-5-12(11)14/h2-6,9,19,21H,7-8,10H2,1H3. The maximum absolute atomic E-state index is 12.5. The number of aliphatic hydroxyl groups is 1. The zero-order chi connectivity index (χ0) is 17.1. The average Bonchev–Trinajstić information content (AvgIpc) is 2.91. The summed E-state index contributed by atoms with van der Waals surface area (Å²) in [6.07, 6.45) is 3.39. The van der Waals surface area contributed by atoms with Crippen molar-refractivity contribution in [3.05, 3.63) is 47.9 Å². The fourth-order valence-corrected chi connectivity index (χ4v) is 2.72. The minimum absolute atomic E-state index is 0.112. The number of aliphatic hydroxyl groups excluding tert-OH is 1. The van der Waals surface area contributed by atoms with Crippen LogP contribution in [-0.4, -0.2) is 53.7 Å². The number of esters is 1. The topological polar surface area (TPSA) is 91.8 Å². The van der Waals surface area contributed by atoms with E-state index >= 15 is 0 Å². The van der Waals surface area contributed by atoms with Gasteiger partial charge in [0, 0.05) is 35.4 Å². The van der Waals surface area contributed by atoms with E-state index in [9.17, 15) is 9.59 Å². The van der Waals surface area contributed by atoms with Gasteiger partial charge in [0.2, 0.25) is 0 Å². The molecule has 1 aliphatic rings. The molecule has 0 saturated heterocycles. The van der Waals surface area contributed by atoms with Crippen LogP contribution in [0, 0.1) is 0 Å². The van der Waals surface area contributed by atoms with Crippen LogP contribution in [0.2, 0.25) is 0 Å². The zero-order valence-corrected chi connectivity index (χ0v) is 13.2. The molecule has 7 nitrogen and oxygen atoms in total. The summed E-state index contributed by atoms with van der Waals surface area (Å²) in [5, 5.41) is 14.0. The molecule has 2 heterocycles. The number of carbonyl (C=O) groups excluding carboxylic acids is 2. The Hall–Kier alpha value is -2.93. The van der Waals surface area contributed by atoms with Gasteiger partial charge in [-0.1, -0.05) is 12.1 Å². The van der Waals surface area contributed by atoms with Crippen molar-refractivity contribution in [1.29, 1.82) is 0 Å². The van der Waals surface area contributed by atoms with Crippen LogP contribution in [0.4, 0.5) is 5.69 Å². The second kappa shape index (κ2) is 6.67. The smallest absolute Gasteiger partial charge is 0.337 e. The first-order valence-corrected chi connectivity index (χ1v) is 7.47. The predicted octanol–water partition coefficient (Wildman–Crippen LogP) is 0.908. The van der Waals surface area contributed by atoms with E-state index in [0.717, 1.165) is 10.8 Å². The van der Waals surface area contributed by atoms with E-state index in [-0.39, 0.29) is 36.9 Å². The monoisotopic (exact) mass is 327 g/mol. The molecule has 1 amide bonds. The van der Waals surface area contributed by atoms with Crippen molar-refractivity contribution in [2.45, 2.75) is 0 Å². The Kier molecular flexibility index (Phi) is 4.43. The molecule has 1 aromatic carbocycles. The lowest BCUT2D eigenvalue weighted by molar-refractivity contribution is -0.136. The van der Waals surface area contributed by atoms with Gasteiger partial charge in [-0.3, -0.25) is 9.78 Å². The molecule has 0 saturated carbocycles. The Labute approximate surface area is 138 Å². The van der Waals surface area contributed by atoms with Crippen molar-refractivity contribution in [3.63, 3.8) is 0 Å². The van der Waals surface area contributed by atoms with Crippen LogP contribution in [0.15, 0.2) is 47.9 Å². The van der Waals surface area contributed by atoms with Crippen molar-refractivity contribution in [2.24, 2.45) is 0 Å². The number of benzene rings is 1. The first-order chi connectivity index (χ1) is 11.7. The highest BCUT2D eigenvalue weighted by atomic mass is 16.5. The van der Waals surface area contributed by atoms with Gasteiger partial charge in [0.1, 0.15) is 5.70 Å². The van der Waals surface area contributed by atoms with E-state index in [0.29, 0.717) is 5.69 Å². The van der Waals surface area contributed by atoms with Gasteiger partial charge in [-0.15, -0.1) is 0 Å². The zero-order valence-electron chi connectivity index (χ0n) is 13.2. The number of carbonyl (C=O) groups is 2. The third-order valence-electron chi connectivity index (χ3n) is 3.89. The molecule has 24 heavy (non-hydrogen) atoms. The van der Waals surface area contributed by atoms with Gasteiger partial charge >= 0.3 is 5.97 Å². The minimum Gasteiger partial charge on any atom is -0.466 e. The molecule has 1 aromatic heterocycles. The number of nitrogens with one attached hydrogen (secondary N) is 1. The fraction of sp³-hybridized carbons (Fsp3) is 0.235. The van der Waals surface area contributed by atoms with Crippen LogP contribution in [-0.2, 0) is 14.3 Å². The summed E-state index contributed by atoms with van der Waals surface area (Å²) < 4.78 is 4.78. The molecular formula is C17H17N3O4. The third kappa shape index (κ3) is 2.81. The number of hydrogen-bond donors (Lipinski definition) is 2. The highest BCUT2D eigenvalue weighted by Gasteiger charge is 2.34. The summed E-state index contributed by atoms with van der Waals surface area (Å²) in [5.41, 5.74) is 1.13. The number of anilines is 1. The highest BCUT2D eigenvalue weighted by Crippen LogP contribution is 2.27. The molecule has 2 N–H and O–H groups in total. The fourth-order valence-electron chi connectivity index (χ4n) is 2.72. The maximum Gasteiger partial charge on any atom is 0.337 e. The van der Waals surface area contributed by atoms with E-state index < -0.39 is 5.97 Å². The van der Waals surface area contributed by atoms with Crippen LogP contribution >= 0.6 is 0 Å². The van der Waals surface area contributed by atoms with Crippen molar-refractivity contribution < 1.29 is 19.4 Å². The van der Waals surface area contributed by atoms with Crippen LogP contribution in [0.3, 0.4) is 0 Å². The normalized spacial score (nSPS) is 14.4. The molecule has 0 aliphatic carbocycles. The van der Waals surface area contributed by atoms with Crippen LogP contribution in [0.5, 0.6) is 0 Å². The maximum atomic E-state index is 12.5. The SMILES string of the molecule is COC(=O)C1=C(Nc2cccc3cnccc23)C(=O)N(CCO)C1. The van der Waals surface area contributed by atoms with Crippen LogP contribution < -0.4 is 5.32 Å². The van der Waals surface area contributed by atoms with Crippen LogP contribution in [0.1, 0.15) is 0 Å². The lowest BCUT2D eigenvalue weighted by Gasteiger charge is -2.15. The molecule has 1 aliphatic heterocycles. The average molecular weight is 327 g/mol. The van der Waals surface area contributed by atoms with Crippen molar-refractivity contribution in [1.82, 2.24) is 9.88 Å². The molecule has 0 radical (unpaired) electrons. The van der Waals surface area contributed by atoms with Gasteiger partial charge in [-0.05, 0) is 12.1 Å². The molecule has 0 atom stereocenters. The number of pyridine rings is 1. The molecule has 124 valence electrons. The number of hydrogen-bond acceptors (Lipinski definition) is 6. The van der Waals surface area contributed by atoms with Crippen molar-refractivity contribution in [3.8, 4) is 0 Å². The first kappa shape index (κ1) is 15.9. The molecule has 0 bridgehead atoms. The van der Waals surface area contributed by atoms with E-state index in [1.807, 2.05) is 24.3 Å². The summed E-state index contributed by atoms with van der Waals surface area (Å²) in [5.74, 6) is -0.899. The van der Waals surface area contributed by atoms with E-state index in [4.69, 9.17) is 9.84 Å². The largest absolute Gasteiger partial charge is 0.466 e. The number of ether oxygens (including phenoxy) is 1. The van der Waals surface area contributed by atoms with Gasteiger partial charge in [0.05, 0.1) is 25.8 Å². The Morgan fingerprint density at radius 3 is 3.00 bits per heavy atom. The van der Waals surface area contributed by atoms with Crippen molar-refractivity contribution >= 4 is 28.3 Å². The summed E-state index contributed by atoms with van der Waals surface area (Å²) >= 11 is 0. The molecule has 0 fully saturated rings. The van der Waals surface area contributed by atoms with E-state index in [1.165, 1.54) is 12.0 Å². The lowest BCUT2D eigenvalue weighted by atomic mass is 10.1. The Morgan fingerprint density at radius 1 is 1.42 bits per heavy atom. The number of aromatic nitrogens is 1. The minimum atomic E-state index is -0.562. The number of β-amino-alcohol motifs (C(OH)–C–C–N with tert-alkyl or cyclic N) is 1. The number of amides is 1. The molecule has 3 rings (SSSR count). The summed E-state index contributed by atoms with van der Waals surface area (Å²) in [6, 6.07) is 7.42. The Morgan fingerprint density at radius 2 is 2.25 bits per heavy atom. The number of nitrogens with zero attached hydrogens (tertiary/aromatic N) is 2. The van der Waals surface area contributed by atoms with Gasteiger partial charge < -0.3 is 20.1 Å². The third-order valence-corrected chi connectivity index (χ3v) is 3.89. The highest BCUT2D eigenvalue weighted by molar-refractivity contribution is 6.09. The molecule has 7 heteroatoms. The Balaban J connectivity index is 2.01. The van der Waals surface area contributed by atoms with E-state index in [2.05, 4.69) is 10.3 Å². The quantitative estimate of drug-likeness (QED) is 0.793. The van der Waals surface area contributed by atoms with Crippen molar-refractivity contribution in [2.75, 3.05) is 32.1 Å². The molecule has 0 spiro atoms. The van der Waals surface area contributed by atoms with E-state index in [1.54, 1.807) is 12.4 Å². The lowest BCUT2D eigenvalue weighted by Crippen LogP contribution is -2.31. The number of rotatable bonds is 5. The summed E-state index contributed by atoms with van der Waals surface area (Å²) in [6.45, 7) is 0.0953. The number of fused-ring (bicyclic) bond motifs is 1. The predicted molar refractivity (Wildman–Crippen MR) is 88.1 cm³/mol. The van der Waals surface area contributed by atoms with Gasteiger partial charge in [-0.2, -0.15) is 0 Å². The van der Waals surface area contributed by atoms with Gasteiger partial charge in [0.25, 0.3) is 5.91 Å². The van der Waals surface area contributed by atoms with Gasteiger partial charge in [0.15, 0.2) is 0 Å². The molecule has 0 unspecified atom stereocenters. The summed E-state index contributed by atoms with van der Waals surface area (Å²) in [7, 11) is 1.27. The summed E-state index contributed by atoms with van der Waals surface area (Å²) in [4.78, 5) is 30.0.